The first kappa shape index (κ1) is 20.9. The van der Waals surface area contributed by atoms with Crippen LogP contribution in [0.3, 0.4) is 0 Å². The maximum atomic E-state index is 12.2. The van der Waals surface area contributed by atoms with Crippen molar-refractivity contribution in [2.45, 2.75) is 13.5 Å². The molecular weight excluding hydrogens is 460 g/mol. The van der Waals surface area contributed by atoms with E-state index in [2.05, 4.69) is 26.1 Å². The molecule has 162 valence electrons. The number of aryl methyl sites for hydroxylation is 1. The molecule has 0 aliphatic carbocycles. The van der Waals surface area contributed by atoms with E-state index in [1.54, 1.807) is 24.3 Å². The molecule has 0 aliphatic rings. The summed E-state index contributed by atoms with van der Waals surface area (Å²) >= 11 is 7.74. The predicted octanol–water partition coefficient (Wildman–Crippen LogP) is 4.63. The molecule has 0 unspecified atom stereocenters. The lowest BCUT2D eigenvalue weighted by atomic mass is 10.1. The van der Waals surface area contributed by atoms with Gasteiger partial charge in [0.1, 0.15) is 29.3 Å². The van der Waals surface area contributed by atoms with Crippen molar-refractivity contribution in [1.29, 1.82) is 5.26 Å². The van der Waals surface area contributed by atoms with E-state index >= 15 is 0 Å². The van der Waals surface area contributed by atoms with Crippen molar-refractivity contribution < 1.29 is 4.74 Å². The number of benzene rings is 2. The molecule has 0 spiro atoms. The van der Waals surface area contributed by atoms with Crippen LogP contribution in [0.1, 0.15) is 22.1 Å². The number of rotatable bonds is 5. The van der Waals surface area contributed by atoms with E-state index < -0.39 is 0 Å². The lowest BCUT2D eigenvalue weighted by molar-refractivity contribution is 0.301. The zero-order valence-electron chi connectivity index (χ0n) is 17.2. The molecule has 0 amide bonds. The van der Waals surface area contributed by atoms with Crippen LogP contribution in [-0.2, 0) is 6.61 Å². The molecular formula is C23H15ClN6O2S. The van der Waals surface area contributed by atoms with Gasteiger partial charge >= 0.3 is 0 Å². The topological polar surface area (TPSA) is 109 Å². The Kier molecular flexibility index (Phi) is 5.38. The number of aromatic amines is 1. The molecule has 2 aromatic carbocycles. The fraction of sp³-hybridized carbons (Fsp3) is 0.0870. The summed E-state index contributed by atoms with van der Waals surface area (Å²) in [6, 6.07) is 16.4. The van der Waals surface area contributed by atoms with E-state index in [1.807, 2.05) is 31.2 Å². The molecule has 3 aromatic heterocycles. The second-order valence-corrected chi connectivity index (χ2v) is 8.72. The second-order valence-electron chi connectivity index (χ2n) is 7.15. The first-order valence-electron chi connectivity index (χ1n) is 9.86. The highest BCUT2D eigenvalue weighted by molar-refractivity contribution is 7.16. The first-order valence-corrected chi connectivity index (χ1v) is 11.1. The van der Waals surface area contributed by atoms with Crippen LogP contribution in [0.2, 0.25) is 5.02 Å². The van der Waals surface area contributed by atoms with Gasteiger partial charge in [-0.3, -0.25) is 4.79 Å². The molecule has 1 N–H and O–H groups in total. The van der Waals surface area contributed by atoms with Crippen LogP contribution >= 0.6 is 22.9 Å². The lowest BCUT2D eigenvalue weighted by Crippen LogP contribution is -2.16. The Bertz CT molecular complexity index is 1610. The van der Waals surface area contributed by atoms with Gasteiger partial charge in [-0.25, -0.2) is 9.97 Å². The summed E-state index contributed by atoms with van der Waals surface area (Å²) in [6.07, 6.45) is 1.70. The number of para-hydroxylation sites is 2. The van der Waals surface area contributed by atoms with Crippen molar-refractivity contribution in [2.24, 2.45) is 0 Å². The Balaban J connectivity index is 1.36. The summed E-state index contributed by atoms with van der Waals surface area (Å²) in [5, 5.41) is 14.9. The number of ether oxygens (including phenoxy) is 1. The SMILES string of the molecule is Cc1nn2c(=O)cc(COc3ccc(C=C(C#N)c4nc5ccccc5[nH]4)cc3Cl)nc2s1. The van der Waals surface area contributed by atoms with Crippen LogP contribution in [0.5, 0.6) is 5.75 Å². The fourth-order valence-electron chi connectivity index (χ4n) is 3.30. The predicted molar refractivity (Wildman–Crippen MR) is 127 cm³/mol. The zero-order chi connectivity index (χ0) is 22.9. The normalized spacial score (nSPS) is 11.7. The number of allylic oxidation sites excluding steroid dienone is 1. The first-order chi connectivity index (χ1) is 16.0. The Morgan fingerprint density at radius 2 is 2.12 bits per heavy atom. The van der Waals surface area contributed by atoms with Crippen LogP contribution in [0.4, 0.5) is 0 Å². The molecule has 10 heteroatoms. The largest absolute Gasteiger partial charge is 0.486 e. The minimum absolute atomic E-state index is 0.0834. The molecule has 0 aliphatic heterocycles. The Morgan fingerprint density at radius 1 is 1.27 bits per heavy atom. The number of aromatic nitrogens is 5. The summed E-state index contributed by atoms with van der Waals surface area (Å²) in [6.45, 7) is 1.90. The van der Waals surface area contributed by atoms with E-state index in [4.69, 9.17) is 16.3 Å². The average molecular weight is 475 g/mol. The summed E-state index contributed by atoms with van der Waals surface area (Å²) in [7, 11) is 0. The number of halogens is 1. The van der Waals surface area contributed by atoms with Gasteiger partial charge in [-0.15, -0.1) is 0 Å². The highest BCUT2D eigenvalue weighted by atomic mass is 35.5. The lowest BCUT2D eigenvalue weighted by Gasteiger charge is -2.08. The van der Waals surface area contributed by atoms with Gasteiger partial charge < -0.3 is 9.72 Å². The van der Waals surface area contributed by atoms with Gasteiger partial charge in [0.05, 0.1) is 27.3 Å². The summed E-state index contributed by atoms with van der Waals surface area (Å²) in [5.74, 6) is 0.930. The van der Waals surface area contributed by atoms with Crippen LogP contribution in [0, 0.1) is 18.3 Å². The average Bonchev–Trinajstić information content (AvgIpc) is 3.40. The molecule has 0 bridgehead atoms. The standard InChI is InChI=1S/C23H15ClN6O2S/c1-13-29-30-21(31)10-16(26-23(30)33-13)12-32-20-7-6-14(9-17(20)24)8-15(11-25)22-27-18-4-2-3-5-19(18)28-22/h2-10H,12H2,1H3,(H,27,28). The number of fused-ring (bicyclic) bond motifs is 2. The highest BCUT2D eigenvalue weighted by Crippen LogP contribution is 2.28. The maximum absolute atomic E-state index is 12.2. The van der Waals surface area contributed by atoms with E-state index in [-0.39, 0.29) is 12.2 Å². The molecule has 5 aromatic rings. The number of nitrogens with one attached hydrogen (secondary N) is 1. The van der Waals surface area contributed by atoms with Gasteiger partial charge in [0.15, 0.2) is 0 Å². The van der Waals surface area contributed by atoms with Crippen molar-refractivity contribution in [3.05, 3.63) is 86.0 Å². The molecule has 0 saturated carbocycles. The van der Waals surface area contributed by atoms with E-state index in [0.29, 0.717) is 32.8 Å². The minimum Gasteiger partial charge on any atom is -0.486 e. The van der Waals surface area contributed by atoms with Gasteiger partial charge in [-0.1, -0.05) is 41.1 Å². The molecule has 3 heterocycles. The third-order valence-corrected chi connectivity index (χ3v) is 5.93. The maximum Gasteiger partial charge on any atom is 0.275 e. The second kappa shape index (κ2) is 8.50. The van der Waals surface area contributed by atoms with Gasteiger partial charge in [0.25, 0.3) is 5.56 Å². The molecule has 8 nitrogen and oxygen atoms in total. The van der Waals surface area contributed by atoms with E-state index in [1.165, 1.54) is 21.9 Å². The van der Waals surface area contributed by atoms with Gasteiger partial charge in [0.2, 0.25) is 4.96 Å². The van der Waals surface area contributed by atoms with Crippen molar-refractivity contribution in [3.8, 4) is 11.8 Å². The Morgan fingerprint density at radius 3 is 2.91 bits per heavy atom. The summed E-state index contributed by atoms with van der Waals surface area (Å²) in [5.41, 5.74) is 2.98. The molecule has 0 atom stereocenters. The van der Waals surface area contributed by atoms with Crippen LogP contribution in [0.25, 0.3) is 27.6 Å². The smallest absolute Gasteiger partial charge is 0.275 e. The zero-order valence-corrected chi connectivity index (χ0v) is 18.8. The monoisotopic (exact) mass is 474 g/mol. The number of nitriles is 1. The van der Waals surface area contributed by atoms with E-state index in [9.17, 15) is 10.1 Å². The van der Waals surface area contributed by atoms with Crippen molar-refractivity contribution in [3.63, 3.8) is 0 Å². The van der Waals surface area contributed by atoms with Crippen LogP contribution in [-0.4, -0.2) is 24.6 Å². The van der Waals surface area contributed by atoms with Crippen LogP contribution < -0.4 is 10.3 Å². The third kappa shape index (κ3) is 4.22. The third-order valence-electron chi connectivity index (χ3n) is 4.81. The highest BCUT2D eigenvalue weighted by Gasteiger charge is 2.11. The van der Waals surface area contributed by atoms with Gasteiger partial charge in [0, 0.05) is 6.07 Å². The molecule has 0 fully saturated rings. The van der Waals surface area contributed by atoms with Crippen molar-refractivity contribution in [1.82, 2.24) is 24.6 Å². The molecule has 0 saturated heterocycles. The summed E-state index contributed by atoms with van der Waals surface area (Å²) < 4.78 is 7.05. The Hall–Kier alpha value is -4.00. The molecule has 0 radical (unpaired) electrons. The summed E-state index contributed by atoms with van der Waals surface area (Å²) in [4.78, 5) is 24.7. The minimum atomic E-state index is -0.260. The van der Waals surface area contributed by atoms with Crippen LogP contribution in [0.15, 0.2) is 53.3 Å². The number of nitrogens with zero attached hydrogens (tertiary/aromatic N) is 5. The fourth-order valence-corrected chi connectivity index (χ4v) is 4.31. The Labute approximate surface area is 196 Å². The number of H-pyrrole nitrogens is 1. The molecule has 33 heavy (non-hydrogen) atoms. The number of imidazole rings is 1. The quantitative estimate of drug-likeness (QED) is 0.372. The molecule has 5 rings (SSSR count). The van der Waals surface area contributed by atoms with Crippen molar-refractivity contribution >= 4 is 50.6 Å². The van der Waals surface area contributed by atoms with Gasteiger partial charge in [-0.2, -0.15) is 14.9 Å². The van der Waals surface area contributed by atoms with Gasteiger partial charge in [-0.05, 0) is 42.8 Å². The van der Waals surface area contributed by atoms with E-state index in [0.717, 1.165) is 21.6 Å². The van der Waals surface area contributed by atoms with Crippen molar-refractivity contribution in [2.75, 3.05) is 0 Å². The number of hydrogen-bond acceptors (Lipinski definition) is 7. The number of hydrogen-bond donors (Lipinski definition) is 1.